The first-order valence-corrected chi connectivity index (χ1v) is 5.96. The average Bonchev–Trinajstić information content (AvgIpc) is 2.43. The van der Waals surface area contributed by atoms with Crippen molar-refractivity contribution in [3.63, 3.8) is 0 Å². The predicted molar refractivity (Wildman–Crippen MR) is 72.7 cm³/mol. The molecule has 0 atom stereocenters. The third kappa shape index (κ3) is 3.85. The van der Waals surface area contributed by atoms with Crippen molar-refractivity contribution in [2.24, 2.45) is 5.92 Å². The van der Waals surface area contributed by atoms with Crippen LogP contribution < -0.4 is 0 Å². The van der Waals surface area contributed by atoms with E-state index >= 15 is 0 Å². The van der Waals surface area contributed by atoms with Crippen molar-refractivity contribution in [2.45, 2.75) is 13.8 Å². The number of imide groups is 1. The summed E-state index contributed by atoms with van der Waals surface area (Å²) in [7, 11) is 1.25. The monoisotopic (exact) mass is 259 g/mol. The molecular formula is C15H17NO3. The summed E-state index contributed by atoms with van der Waals surface area (Å²) in [6.45, 7) is 4.15. The van der Waals surface area contributed by atoms with E-state index in [9.17, 15) is 9.59 Å². The molecule has 0 saturated heterocycles. The predicted octanol–water partition coefficient (Wildman–Crippen LogP) is 2.53. The van der Waals surface area contributed by atoms with Gasteiger partial charge in [0.25, 0.3) is 5.91 Å². The van der Waals surface area contributed by atoms with E-state index in [2.05, 4.69) is 10.7 Å². The van der Waals surface area contributed by atoms with Gasteiger partial charge in [-0.2, -0.15) is 0 Å². The maximum Gasteiger partial charge on any atom is 0.416 e. The zero-order valence-electron chi connectivity index (χ0n) is 11.3. The molecule has 0 aliphatic heterocycles. The fraction of sp³-hybridized carbons (Fsp3) is 0.333. The van der Waals surface area contributed by atoms with Gasteiger partial charge in [-0.05, 0) is 30.2 Å². The van der Waals surface area contributed by atoms with Crippen LogP contribution in [0.2, 0.25) is 0 Å². The lowest BCUT2D eigenvalue weighted by Crippen LogP contribution is -2.39. The summed E-state index contributed by atoms with van der Waals surface area (Å²) in [6, 6.07) is 6.54. The van der Waals surface area contributed by atoms with E-state index in [-0.39, 0.29) is 11.8 Å². The summed E-state index contributed by atoms with van der Waals surface area (Å²) < 4.78 is 4.63. The Morgan fingerprint density at radius 3 is 2.32 bits per heavy atom. The standard InChI is InChI=1S/C15H17NO3/c1-5-12-6-8-13(9-7-12)14(17)16(10-11(2)3)15(18)19-4/h1,6-9,11H,10H2,2-4H3. The lowest BCUT2D eigenvalue weighted by atomic mass is 10.1. The molecule has 0 bridgehead atoms. The molecule has 1 aromatic rings. The molecule has 0 aromatic heterocycles. The number of amides is 2. The smallest absolute Gasteiger partial charge is 0.416 e. The number of ether oxygens (including phenoxy) is 1. The Hall–Kier alpha value is -2.28. The molecular weight excluding hydrogens is 242 g/mol. The van der Waals surface area contributed by atoms with Gasteiger partial charge in [0.05, 0.1) is 7.11 Å². The number of hydrogen-bond acceptors (Lipinski definition) is 3. The summed E-state index contributed by atoms with van der Waals surface area (Å²) in [5, 5.41) is 0. The number of benzene rings is 1. The van der Waals surface area contributed by atoms with Gasteiger partial charge in [0.1, 0.15) is 0 Å². The molecule has 19 heavy (non-hydrogen) atoms. The lowest BCUT2D eigenvalue weighted by molar-refractivity contribution is 0.0686. The zero-order chi connectivity index (χ0) is 14.4. The molecule has 4 heteroatoms. The van der Waals surface area contributed by atoms with E-state index in [0.29, 0.717) is 17.7 Å². The third-order valence-electron chi connectivity index (χ3n) is 2.49. The maximum absolute atomic E-state index is 12.3. The quantitative estimate of drug-likeness (QED) is 0.784. The number of rotatable bonds is 3. The Morgan fingerprint density at radius 2 is 1.89 bits per heavy atom. The molecule has 0 N–H and O–H groups in total. The molecule has 100 valence electrons. The van der Waals surface area contributed by atoms with Gasteiger partial charge in [-0.1, -0.05) is 19.8 Å². The summed E-state index contributed by atoms with van der Waals surface area (Å²) in [5.41, 5.74) is 1.09. The summed E-state index contributed by atoms with van der Waals surface area (Å²) in [6.07, 6.45) is 4.60. The van der Waals surface area contributed by atoms with Crippen molar-refractivity contribution in [1.29, 1.82) is 0 Å². The van der Waals surface area contributed by atoms with Crippen molar-refractivity contribution >= 4 is 12.0 Å². The second-order valence-electron chi connectivity index (χ2n) is 4.50. The Balaban J connectivity index is 2.98. The van der Waals surface area contributed by atoms with Crippen LogP contribution in [0.25, 0.3) is 0 Å². The lowest BCUT2D eigenvalue weighted by Gasteiger charge is -2.21. The van der Waals surface area contributed by atoms with Crippen molar-refractivity contribution in [1.82, 2.24) is 4.90 Å². The molecule has 2 amide bonds. The number of nitrogens with zero attached hydrogens (tertiary/aromatic N) is 1. The largest absolute Gasteiger partial charge is 0.452 e. The molecule has 0 aliphatic carbocycles. The maximum atomic E-state index is 12.3. The topological polar surface area (TPSA) is 46.6 Å². The SMILES string of the molecule is C#Cc1ccc(C(=O)N(CC(C)C)C(=O)OC)cc1. The van der Waals surface area contributed by atoms with Crippen molar-refractivity contribution in [3.05, 3.63) is 35.4 Å². The van der Waals surface area contributed by atoms with Crippen molar-refractivity contribution in [3.8, 4) is 12.3 Å². The van der Waals surface area contributed by atoms with Crippen LogP contribution in [0.3, 0.4) is 0 Å². The minimum absolute atomic E-state index is 0.160. The second kappa shape index (κ2) is 6.60. The molecule has 0 aliphatic rings. The molecule has 0 spiro atoms. The number of hydrogen-bond donors (Lipinski definition) is 0. The van der Waals surface area contributed by atoms with Crippen LogP contribution in [0, 0.1) is 18.3 Å². The second-order valence-corrected chi connectivity index (χ2v) is 4.50. The van der Waals surface area contributed by atoms with Crippen LogP contribution >= 0.6 is 0 Å². The Morgan fingerprint density at radius 1 is 1.32 bits per heavy atom. The van der Waals surface area contributed by atoms with E-state index in [1.165, 1.54) is 7.11 Å². The normalized spacial score (nSPS) is 9.84. The number of carbonyl (C=O) groups excluding carboxylic acids is 2. The summed E-state index contributed by atoms with van der Waals surface area (Å²) in [4.78, 5) is 25.0. The van der Waals surface area contributed by atoms with E-state index in [1.54, 1.807) is 24.3 Å². The molecule has 0 unspecified atom stereocenters. The number of carbonyl (C=O) groups is 2. The van der Waals surface area contributed by atoms with Crippen LogP contribution in [-0.4, -0.2) is 30.6 Å². The fourth-order valence-electron chi connectivity index (χ4n) is 1.58. The highest BCUT2D eigenvalue weighted by Gasteiger charge is 2.24. The molecule has 0 heterocycles. The van der Waals surface area contributed by atoms with Gasteiger partial charge >= 0.3 is 6.09 Å². The fourth-order valence-corrected chi connectivity index (χ4v) is 1.58. The third-order valence-corrected chi connectivity index (χ3v) is 2.49. The van der Waals surface area contributed by atoms with Crippen LogP contribution in [-0.2, 0) is 4.74 Å². The first-order chi connectivity index (χ1) is 8.99. The van der Waals surface area contributed by atoms with Gasteiger partial charge in [-0.25, -0.2) is 9.69 Å². The molecule has 1 aromatic carbocycles. The Labute approximate surface area is 113 Å². The average molecular weight is 259 g/mol. The molecule has 0 radical (unpaired) electrons. The van der Waals surface area contributed by atoms with E-state index in [1.807, 2.05) is 13.8 Å². The van der Waals surface area contributed by atoms with Gasteiger partial charge in [0.2, 0.25) is 0 Å². The highest BCUT2D eigenvalue weighted by Crippen LogP contribution is 2.10. The van der Waals surface area contributed by atoms with Gasteiger partial charge in [-0.3, -0.25) is 4.79 Å². The van der Waals surface area contributed by atoms with Gasteiger partial charge in [0, 0.05) is 17.7 Å². The number of terminal acetylenes is 1. The van der Waals surface area contributed by atoms with Gasteiger partial charge in [0.15, 0.2) is 0 Å². The summed E-state index contributed by atoms with van der Waals surface area (Å²) >= 11 is 0. The minimum atomic E-state index is -0.653. The Bertz CT molecular complexity index is 497. The summed E-state index contributed by atoms with van der Waals surface area (Å²) in [5.74, 6) is 2.25. The molecule has 4 nitrogen and oxygen atoms in total. The van der Waals surface area contributed by atoms with E-state index < -0.39 is 6.09 Å². The Kier molecular flexibility index (Phi) is 5.13. The first-order valence-electron chi connectivity index (χ1n) is 5.96. The van der Waals surface area contributed by atoms with Gasteiger partial charge in [-0.15, -0.1) is 6.42 Å². The van der Waals surface area contributed by atoms with Crippen LogP contribution in [0.1, 0.15) is 29.8 Å². The highest BCUT2D eigenvalue weighted by molar-refractivity contribution is 6.02. The zero-order valence-corrected chi connectivity index (χ0v) is 11.3. The first kappa shape index (κ1) is 14.8. The minimum Gasteiger partial charge on any atom is -0.452 e. The van der Waals surface area contributed by atoms with Crippen molar-refractivity contribution < 1.29 is 14.3 Å². The number of methoxy groups -OCH3 is 1. The van der Waals surface area contributed by atoms with Crippen LogP contribution in [0.5, 0.6) is 0 Å². The van der Waals surface area contributed by atoms with Crippen molar-refractivity contribution in [2.75, 3.05) is 13.7 Å². The molecule has 1 rings (SSSR count). The highest BCUT2D eigenvalue weighted by atomic mass is 16.5. The van der Waals surface area contributed by atoms with E-state index in [0.717, 1.165) is 4.90 Å². The van der Waals surface area contributed by atoms with Gasteiger partial charge < -0.3 is 4.74 Å². The molecule has 0 saturated carbocycles. The molecule has 0 fully saturated rings. The van der Waals surface area contributed by atoms with Crippen LogP contribution in [0.4, 0.5) is 4.79 Å². The van der Waals surface area contributed by atoms with E-state index in [4.69, 9.17) is 6.42 Å². The van der Waals surface area contributed by atoms with Crippen LogP contribution in [0.15, 0.2) is 24.3 Å².